The molecule has 0 aliphatic rings. The average Bonchev–Trinajstić information content (AvgIpc) is 2.69. The lowest BCUT2D eigenvalue weighted by Crippen LogP contribution is -2.27. The SMILES string of the molecule is N#Cc1c(Cc2ccccc2)nc(=O)n(-c2cccc3ccccc23)c1N. The van der Waals surface area contributed by atoms with E-state index in [4.69, 9.17) is 5.73 Å². The van der Waals surface area contributed by atoms with Crippen LogP contribution in [0.1, 0.15) is 16.8 Å². The van der Waals surface area contributed by atoms with Gasteiger partial charge in [0.05, 0.1) is 11.4 Å². The van der Waals surface area contributed by atoms with Gasteiger partial charge in [0.2, 0.25) is 0 Å². The lowest BCUT2D eigenvalue weighted by atomic mass is 10.1. The van der Waals surface area contributed by atoms with E-state index in [0.717, 1.165) is 16.3 Å². The van der Waals surface area contributed by atoms with E-state index in [1.54, 1.807) is 6.07 Å². The van der Waals surface area contributed by atoms with E-state index in [2.05, 4.69) is 11.1 Å². The number of nitrogen functional groups attached to an aromatic ring is 1. The van der Waals surface area contributed by atoms with Crippen LogP contribution in [0.25, 0.3) is 16.5 Å². The Balaban J connectivity index is 1.93. The summed E-state index contributed by atoms with van der Waals surface area (Å²) in [4.78, 5) is 17.0. The molecule has 0 saturated heterocycles. The molecule has 0 radical (unpaired) electrons. The molecule has 0 saturated carbocycles. The number of hydrogen-bond donors (Lipinski definition) is 1. The molecule has 4 aromatic rings. The molecule has 130 valence electrons. The second kappa shape index (κ2) is 6.77. The molecule has 5 nitrogen and oxygen atoms in total. The van der Waals surface area contributed by atoms with Gasteiger partial charge in [-0.3, -0.25) is 0 Å². The Morgan fingerprint density at radius 1 is 0.963 bits per heavy atom. The highest BCUT2D eigenvalue weighted by molar-refractivity contribution is 5.90. The molecular formula is C22H16N4O. The molecule has 0 spiro atoms. The van der Waals surface area contributed by atoms with Gasteiger partial charge in [0.1, 0.15) is 17.5 Å². The minimum Gasteiger partial charge on any atom is -0.384 e. The first-order chi connectivity index (χ1) is 13.2. The Hall–Kier alpha value is -3.91. The second-order valence-electron chi connectivity index (χ2n) is 6.21. The van der Waals surface area contributed by atoms with Crippen LogP contribution in [-0.4, -0.2) is 9.55 Å². The van der Waals surface area contributed by atoms with Crippen molar-refractivity contribution in [1.29, 1.82) is 5.26 Å². The molecule has 0 aliphatic carbocycles. The number of nitrogens with two attached hydrogens (primary N) is 1. The molecular weight excluding hydrogens is 336 g/mol. The summed E-state index contributed by atoms with van der Waals surface area (Å²) >= 11 is 0. The highest BCUT2D eigenvalue weighted by atomic mass is 16.1. The maximum Gasteiger partial charge on any atom is 0.354 e. The summed E-state index contributed by atoms with van der Waals surface area (Å²) in [7, 11) is 0. The van der Waals surface area contributed by atoms with Crippen molar-refractivity contribution in [1.82, 2.24) is 9.55 Å². The molecule has 0 unspecified atom stereocenters. The summed E-state index contributed by atoms with van der Waals surface area (Å²) in [5.41, 5.74) is 7.98. The first-order valence-corrected chi connectivity index (χ1v) is 8.52. The van der Waals surface area contributed by atoms with E-state index in [9.17, 15) is 10.1 Å². The summed E-state index contributed by atoms with van der Waals surface area (Å²) in [5.74, 6) is 0.111. The van der Waals surface area contributed by atoms with Crippen molar-refractivity contribution >= 4 is 16.6 Å². The van der Waals surface area contributed by atoms with Gasteiger partial charge in [0.15, 0.2) is 0 Å². The average molecular weight is 352 g/mol. The number of anilines is 1. The third-order valence-corrected chi connectivity index (χ3v) is 4.54. The van der Waals surface area contributed by atoms with E-state index in [-0.39, 0.29) is 11.4 Å². The van der Waals surface area contributed by atoms with E-state index in [1.165, 1.54) is 4.57 Å². The molecule has 1 heterocycles. The van der Waals surface area contributed by atoms with Crippen LogP contribution in [0.2, 0.25) is 0 Å². The van der Waals surface area contributed by atoms with E-state index in [0.29, 0.717) is 17.8 Å². The van der Waals surface area contributed by atoms with Crippen LogP contribution in [0.15, 0.2) is 77.6 Å². The molecule has 0 amide bonds. The summed E-state index contributed by atoms with van der Waals surface area (Å²) in [6.07, 6.45) is 0.375. The van der Waals surface area contributed by atoms with Gasteiger partial charge in [-0.1, -0.05) is 66.7 Å². The lowest BCUT2D eigenvalue weighted by Gasteiger charge is -2.15. The Morgan fingerprint density at radius 3 is 2.44 bits per heavy atom. The Morgan fingerprint density at radius 2 is 1.67 bits per heavy atom. The molecule has 5 heteroatoms. The number of nitrogens with zero attached hydrogens (tertiary/aromatic N) is 3. The van der Waals surface area contributed by atoms with Crippen LogP contribution in [-0.2, 0) is 6.42 Å². The normalized spacial score (nSPS) is 10.6. The highest BCUT2D eigenvalue weighted by Crippen LogP contribution is 2.25. The maximum absolute atomic E-state index is 12.8. The molecule has 27 heavy (non-hydrogen) atoms. The number of aromatic nitrogens is 2. The molecule has 2 N–H and O–H groups in total. The number of benzene rings is 3. The monoisotopic (exact) mass is 352 g/mol. The topological polar surface area (TPSA) is 84.7 Å². The summed E-state index contributed by atoms with van der Waals surface area (Å²) in [6.45, 7) is 0. The van der Waals surface area contributed by atoms with Gasteiger partial charge < -0.3 is 5.73 Å². The molecule has 1 aromatic heterocycles. The zero-order chi connectivity index (χ0) is 18.8. The molecule has 0 atom stereocenters. The van der Waals surface area contributed by atoms with Crippen LogP contribution in [0.3, 0.4) is 0 Å². The zero-order valence-corrected chi connectivity index (χ0v) is 14.5. The van der Waals surface area contributed by atoms with Gasteiger partial charge >= 0.3 is 5.69 Å². The fraction of sp³-hybridized carbons (Fsp3) is 0.0455. The summed E-state index contributed by atoms with van der Waals surface area (Å²) in [6, 6.07) is 25.0. The van der Waals surface area contributed by atoms with E-state index < -0.39 is 5.69 Å². The number of rotatable bonds is 3. The predicted molar refractivity (Wildman–Crippen MR) is 106 cm³/mol. The van der Waals surface area contributed by atoms with Crippen LogP contribution >= 0.6 is 0 Å². The first kappa shape index (κ1) is 16.6. The summed E-state index contributed by atoms with van der Waals surface area (Å²) < 4.78 is 1.31. The van der Waals surface area contributed by atoms with Crippen molar-refractivity contribution in [3.05, 3.63) is 100 Å². The quantitative estimate of drug-likeness (QED) is 0.612. The third-order valence-electron chi connectivity index (χ3n) is 4.54. The minimum absolute atomic E-state index is 0.111. The molecule has 0 aliphatic heterocycles. The van der Waals surface area contributed by atoms with Crippen molar-refractivity contribution < 1.29 is 0 Å². The van der Waals surface area contributed by atoms with Gasteiger partial charge in [-0.2, -0.15) is 10.2 Å². The van der Waals surface area contributed by atoms with Crippen LogP contribution in [0.4, 0.5) is 5.82 Å². The van der Waals surface area contributed by atoms with Gasteiger partial charge in [0, 0.05) is 11.8 Å². The standard InChI is InChI=1S/C22H16N4O/c23-14-18-19(13-15-7-2-1-3-8-15)25-22(27)26(21(18)24)20-12-6-10-16-9-4-5-11-17(16)20/h1-12H,13,24H2. The van der Waals surface area contributed by atoms with Crippen molar-refractivity contribution in [2.24, 2.45) is 0 Å². The third kappa shape index (κ3) is 2.94. The minimum atomic E-state index is -0.492. The smallest absolute Gasteiger partial charge is 0.354 e. The van der Waals surface area contributed by atoms with Gasteiger partial charge in [-0.25, -0.2) is 9.36 Å². The number of nitriles is 1. The fourth-order valence-electron chi connectivity index (χ4n) is 3.26. The largest absolute Gasteiger partial charge is 0.384 e. The highest BCUT2D eigenvalue weighted by Gasteiger charge is 2.17. The Bertz CT molecular complexity index is 1230. The van der Waals surface area contributed by atoms with Crippen molar-refractivity contribution in [2.45, 2.75) is 6.42 Å². The summed E-state index contributed by atoms with van der Waals surface area (Å²) in [5, 5.41) is 11.5. The predicted octanol–water partition coefficient (Wildman–Crippen LogP) is 3.43. The molecule has 3 aromatic carbocycles. The van der Waals surface area contributed by atoms with Crippen LogP contribution in [0.5, 0.6) is 0 Å². The Labute approximate surface area is 156 Å². The molecule has 0 bridgehead atoms. The van der Waals surface area contributed by atoms with Crippen LogP contribution < -0.4 is 11.4 Å². The Kier molecular flexibility index (Phi) is 4.15. The van der Waals surface area contributed by atoms with Gasteiger partial charge in [-0.15, -0.1) is 0 Å². The van der Waals surface area contributed by atoms with Crippen molar-refractivity contribution in [3.8, 4) is 11.8 Å². The lowest BCUT2D eigenvalue weighted by molar-refractivity contribution is 0.885. The van der Waals surface area contributed by atoms with Crippen molar-refractivity contribution in [3.63, 3.8) is 0 Å². The van der Waals surface area contributed by atoms with Gasteiger partial charge in [-0.05, 0) is 17.0 Å². The zero-order valence-electron chi connectivity index (χ0n) is 14.5. The van der Waals surface area contributed by atoms with E-state index in [1.807, 2.05) is 66.7 Å². The van der Waals surface area contributed by atoms with Crippen molar-refractivity contribution in [2.75, 3.05) is 5.73 Å². The maximum atomic E-state index is 12.8. The second-order valence-corrected chi connectivity index (χ2v) is 6.21. The number of hydrogen-bond acceptors (Lipinski definition) is 4. The fourth-order valence-corrected chi connectivity index (χ4v) is 3.26. The number of fused-ring (bicyclic) bond motifs is 1. The van der Waals surface area contributed by atoms with Crippen LogP contribution in [0, 0.1) is 11.3 Å². The van der Waals surface area contributed by atoms with E-state index >= 15 is 0 Å². The molecule has 0 fully saturated rings. The first-order valence-electron chi connectivity index (χ1n) is 8.52. The molecule has 4 rings (SSSR count). The van der Waals surface area contributed by atoms with Gasteiger partial charge in [0.25, 0.3) is 0 Å².